The van der Waals surface area contributed by atoms with Crippen molar-refractivity contribution in [1.29, 1.82) is 0 Å². The molecular formula is C4H11NRu. The van der Waals surface area contributed by atoms with Gasteiger partial charge >= 0.3 is 0 Å². The molecular weight excluding hydrogens is 163 g/mol. The summed E-state index contributed by atoms with van der Waals surface area (Å²) in [4.78, 5) is 0. The van der Waals surface area contributed by atoms with E-state index in [1.54, 1.807) is 0 Å². The molecule has 0 saturated heterocycles. The van der Waals surface area contributed by atoms with E-state index >= 15 is 0 Å². The largest absolute Gasteiger partial charge is 0.317 e. The van der Waals surface area contributed by atoms with Gasteiger partial charge in [0.1, 0.15) is 0 Å². The molecule has 40 valence electrons. The predicted molar refractivity (Wildman–Crippen MR) is 24.2 cm³/mol. The summed E-state index contributed by atoms with van der Waals surface area (Å²) >= 11 is 0. The van der Waals surface area contributed by atoms with Crippen molar-refractivity contribution in [1.82, 2.24) is 5.32 Å². The van der Waals surface area contributed by atoms with Crippen LogP contribution in [0.5, 0.6) is 0 Å². The van der Waals surface area contributed by atoms with Gasteiger partial charge in [0.15, 0.2) is 0 Å². The van der Waals surface area contributed by atoms with Gasteiger partial charge in [-0.15, -0.1) is 0 Å². The first kappa shape index (κ1) is 9.77. The van der Waals surface area contributed by atoms with Crippen LogP contribution >= 0.6 is 0 Å². The third-order valence-corrected chi connectivity index (χ3v) is 0.500. The fourth-order valence-corrected chi connectivity index (χ4v) is 0.250. The van der Waals surface area contributed by atoms with Crippen LogP contribution in [0.4, 0.5) is 0 Å². The van der Waals surface area contributed by atoms with E-state index in [1.807, 2.05) is 0 Å². The van der Waals surface area contributed by atoms with Gasteiger partial charge in [-0.05, 0) is 13.1 Å². The summed E-state index contributed by atoms with van der Waals surface area (Å²) < 4.78 is 0. The zero-order valence-corrected chi connectivity index (χ0v) is 6.01. The van der Waals surface area contributed by atoms with Gasteiger partial charge in [-0.1, -0.05) is 13.8 Å². The van der Waals surface area contributed by atoms with Crippen molar-refractivity contribution in [3.8, 4) is 0 Å². The van der Waals surface area contributed by atoms with Crippen molar-refractivity contribution >= 4 is 0 Å². The molecule has 0 aliphatic carbocycles. The average Bonchev–Trinajstić information content (AvgIpc) is 1.41. The molecule has 0 aromatic heterocycles. The molecule has 0 aromatic rings. The molecule has 0 unspecified atom stereocenters. The molecule has 0 saturated carbocycles. The number of hydrogen-bond donors (Lipinski definition) is 1. The fraction of sp³-hybridized carbons (Fsp3) is 1.00. The van der Waals surface area contributed by atoms with Gasteiger partial charge in [-0.2, -0.15) is 0 Å². The topological polar surface area (TPSA) is 12.0 Å². The van der Waals surface area contributed by atoms with Crippen LogP contribution < -0.4 is 5.32 Å². The third kappa shape index (κ3) is 8.82. The molecule has 0 rings (SSSR count). The monoisotopic (exact) mass is 175 g/mol. The molecule has 0 aromatic carbocycles. The van der Waals surface area contributed by atoms with Crippen LogP contribution in [0.25, 0.3) is 0 Å². The van der Waals surface area contributed by atoms with Gasteiger partial charge < -0.3 is 5.32 Å². The Kier molecular flexibility index (Phi) is 14.9. The standard InChI is InChI=1S/C4H11N.Ru/c1-3-5-4-2;/h5H,3-4H2,1-2H3;. The quantitative estimate of drug-likeness (QED) is 0.605. The minimum absolute atomic E-state index is 0. The van der Waals surface area contributed by atoms with Crippen molar-refractivity contribution in [3.63, 3.8) is 0 Å². The molecule has 6 heavy (non-hydrogen) atoms. The molecule has 0 aliphatic rings. The molecule has 1 nitrogen and oxygen atoms in total. The molecule has 0 heterocycles. The van der Waals surface area contributed by atoms with Gasteiger partial charge in [-0.3, -0.25) is 0 Å². The van der Waals surface area contributed by atoms with E-state index in [-0.39, 0.29) is 19.5 Å². The second kappa shape index (κ2) is 9.13. The summed E-state index contributed by atoms with van der Waals surface area (Å²) in [6.45, 7) is 6.39. The van der Waals surface area contributed by atoms with Crippen molar-refractivity contribution in [3.05, 3.63) is 0 Å². The normalized spacial score (nSPS) is 7.00. The fourth-order valence-electron chi connectivity index (χ4n) is 0.250. The number of nitrogens with one attached hydrogen (secondary N) is 1. The molecule has 1 N–H and O–H groups in total. The van der Waals surface area contributed by atoms with Gasteiger partial charge in [0.25, 0.3) is 0 Å². The number of rotatable bonds is 2. The predicted octanol–water partition coefficient (Wildman–Crippen LogP) is 0.613. The summed E-state index contributed by atoms with van der Waals surface area (Å²) in [7, 11) is 0. The van der Waals surface area contributed by atoms with E-state index in [0.29, 0.717) is 0 Å². The summed E-state index contributed by atoms with van der Waals surface area (Å²) in [6, 6.07) is 0. The van der Waals surface area contributed by atoms with Crippen molar-refractivity contribution in [2.45, 2.75) is 13.8 Å². The zero-order valence-electron chi connectivity index (χ0n) is 4.27. The van der Waals surface area contributed by atoms with Gasteiger partial charge in [0.05, 0.1) is 0 Å². The van der Waals surface area contributed by atoms with E-state index in [4.69, 9.17) is 0 Å². The first-order valence-corrected chi connectivity index (χ1v) is 2.12. The maximum atomic E-state index is 3.11. The van der Waals surface area contributed by atoms with Crippen LogP contribution in [0.3, 0.4) is 0 Å². The Morgan fingerprint density at radius 2 is 1.50 bits per heavy atom. The van der Waals surface area contributed by atoms with Crippen LogP contribution in [-0.2, 0) is 19.5 Å². The molecule has 0 radical (unpaired) electrons. The second-order valence-corrected chi connectivity index (χ2v) is 0.957. The second-order valence-electron chi connectivity index (χ2n) is 0.957. The summed E-state index contributed by atoms with van der Waals surface area (Å²) in [6.07, 6.45) is 0. The van der Waals surface area contributed by atoms with Crippen LogP contribution in [0.15, 0.2) is 0 Å². The van der Waals surface area contributed by atoms with Crippen molar-refractivity contribution in [2.24, 2.45) is 0 Å². The minimum atomic E-state index is 0. The Morgan fingerprint density at radius 3 is 1.50 bits per heavy atom. The molecule has 0 spiro atoms. The SMILES string of the molecule is CCNCC.[Ru]. The minimum Gasteiger partial charge on any atom is -0.317 e. The first-order valence-electron chi connectivity index (χ1n) is 2.12. The van der Waals surface area contributed by atoms with E-state index in [9.17, 15) is 0 Å². The molecule has 0 atom stereocenters. The van der Waals surface area contributed by atoms with Crippen LogP contribution in [0.2, 0.25) is 0 Å². The average molecular weight is 174 g/mol. The molecule has 0 fully saturated rings. The van der Waals surface area contributed by atoms with Crippen molar-refractivity contribution in [2.75, 3.05) is 13.1 Å². The number of hydrogen-bond acceptors (Lipinski definition) is 1. The summed E-state index contributed by atoms with van der Waals surface area (Å²) in [5.41, 5.74) is 0. The van der Waals surface area contributed by atoms with E-state index in [2.05, 4.69) is 19.2 Å². The van der Waals surface area contributed by atoms with E-state index in [0.717, 1.165) is 13.1 Å². The smallest absolute Gasteiger partial charge is 0 e. The first-order chi connectivity index (χ1) is 2.41. The Labute approximate surface area is 52.3 Å². The van der Waals surface area contributed by atoms with E-state index < -0.39 is 0 Å². The Hall–Kier alpha value is 0.583. The van der Waals surface area contributed by atoms with Gasteiger partial charge in [0, 0.05) is 19.5 Å². The molecule has 0 aliphatic heterocycles. The van der Waals surface area contributed by atoms with Gasteiger partial charge in [0.2, 0.25) is 0 Å². The zero-order chi connectivity index (χ0) is 4.12. The maximum absolute atomic E-state index is 3.11. The summed E-state index contributed by atoms with van der Waals surface area (Å²) in [5.74, 6) is 0. The van der Waals surface area contributed by atoms with Gasteiger partial charge in [-0.25, -0.2) is 0 Å². The molecule has 2 heteroatoms. The Morgan fingerprint density at radius 1 is 1.17 bits per heavy atom. The van der Waals surface area contributed by atoms with Crippen LogP contribution in [0.1, 0.15) is 13.8 Å². The molecule has 0 bridgehead atoms. The van der Waals surface area contributed by atoms with Crippen LogP contribution in [0, 0.1) is 0 Å². The van der Waals surface area contributed by atoms with E-state index in [1.165, 1.54) is 0 Å². The van der Waals surface area contributed by atoms with Crippen LogP contribution in [-0.4, -0.2) is 13.1 Å². The Bertz CT molecular complexity index is 15.0. The Balaban J connectivity index is 0. The molecule has 0 amide bonds. The summed E-state index contributed by atoms with van der Waals surface area (Å²) in [5, 5.41) is 3.11. The maximum Gasteiger partial charge on any atom is 0 e. The van der Waals surface area contributed by atoms with Crippen molar-refractivity contribution < 1.29 is 19.5 Å². The third-order valence-electron chi connectivity index (χ3n) is 0.500.